The van der Waals surface area contributed by atoms with Crippen LogP contribution in [0.1, 0.15) is 36.6 Å². The van der Waals surface area contributed by atoms with Crippen molar-refractivity contribution in [3.63, 3.8) is 0 Å². The summed E-state index contributed by atoms with van der Waals surface area (Å²) in [6, 6.07) is 37.1. The molecule has 1 heterocycles. The van der Waals surface area contributed by atoms with E-state index in [4.69, 9.17) is 45.5 Å². The largest absolute Gasteiger partial charge is 0.465 e. The van der Waals surface area contributed by atoms with Gasteiger partial charge in [0, 0.05) is 63.7 Å². The summed E-state index contributed by atoms with van der Waals surface area (Å²) >= 11 is 17.4. The van der Waals surface area contributed by atoms with Gasteiger partial charge >= 0.3 is 11.9 Å². The zero-order valence-corrected chi connectivity index (χ0v) is 40.4. The Balaban J connectivity index is 0.000000199. The van der Waals surface area contributed by atoms with Gasteiger partial charge in [-0.1, -0.05) is 83.3 Å². The average molecular weight is 1020 g/mol. The van der Waals surface area contributed by atoms with Crippen LogP contribution < -0.4 is 13.9 Å². The molecule has 1 aliphatic heterocycles. The quantitative estimate of drug-likeness (QED) is 0.118. The van der Waals surface area contributed by atoms with Gasteiger partial charge in [-0.15, -0.1) is 0 Å². The number of methoxy groups -OCH3 is 2. The summed E-state index contributed by atoms with van der Waals surface area (Å²) in [7, 11) is 0.537. The normalized spacial score (nSPS) is 12.4. The number of ketones is 1. The molecule has 0 spiro atoms. The number of ether oxygens (including phenoxy) is 2. The number of nitrogens with zero attached hydrogens (tertiary/aromatic N) is 2. The van der Waals surface area contributed by atoms with Gasteiger partial charge in [0.2, 0.25) is 0 Å². The van der Waals surface area contributed by atoms with Crippen LogP contribution in [0.3, 0.4) is 0 Å². The van der Waals surface area contributed by atoms with Gasteiger partial charge in [0.05, 0.1) is 46.5 Å². The monoisotopic (exact) mass is 1020 g/mol. The van der Waals surface area contributed by atoms with Crippen LogP contribution in [-0.4, -0.2) is 78.3 Å². The summed E-state index contributed by atoms with van der Waals surface area (Å²) < 4.78 is 84.1. The number of para-hydroxylation sites is 3. The molecule has 1 aliphatic rings. The minimum absolute atomic E-state index is 0.0226. The molecule has 21 heteroatoms. The SMILES string of the molecule is CN1c2ccccc2C(=O)c2cc(Cl)ccc2S1(=O)=O.CNc1ccccc1.COC(=O)c1cc(Cl)ccc1S(=O)(=O)Cl.COC(=O)c1cc(Cl)ccc1S(=O)(=O)N(C)c1ccccc1. The van der Waals surface area contributed by atoms with E-state index in [2.05, 4.69) is 14.8 Å². The van der Waals surface area contributed by atoms with Gasteiger partial charge in [-0.3, -0.25) is 13.4 Å². The number of esters is 2. The summed E-state index contributed by atoms with van der Waals surface area (Å²) in [4.78, 5) is 35.1. The molecular formula is C44H39Cl4N3O11S3. The number of rotatable bonds is 7. The van der Waals surface area contributed by atoms with E-state index in [1.165, 1.54) is 69.7 Å². The van der Waals surface area contributed by atoms with Crippen LogP contribution in [0.4, 0.5) is 17.1 Å². The predicted molar refractivity (Wildman–Crippen MR) is 254 cm³/mol. The van der Waals surface area contributed by atoms with Gasteiger partial charge in [-0.2, -0.15) is 0 Å². The highest BCUT2D eigenvalue weighted by molar-refractivity contribution is 8.13. The third-order valence-electron chi connectivity index (χ3n) is 9.09. The lowest BCUT2D eigenvalue weighted by atomic mass is 10.0. The van der Waals surface area contributed by atoms with E-state index < -0.39 is 41.0 Å². The van der Waals surface area contributed by atoms with Crippen molar-refractivity contribution in [3.8, 4) is 0 Å². The Morgan fingerprint density at radius 2 is 1.11 bits per heavy atom. The summed E-state index contributed by atoms with van der Waals surface area (Å²) in [5.74, 6) is -1.91. The van der Waals surface area contributed by atoms with Crippen molar-refractivity contribution >= 4 is 109 Å². The van der Waals surface area contributed by atoms with Crippen molar-refractivity contribution < 1.29 is 49.1 Å². The Labute approximate surface area is 396 Å². The highest BCUT2D eigenvalue weighted by Gasteiger charge is 2.34. The Hall–Kier alpha value is -5.66. The zero-order chi connectivity index (χ0) is 48.3. The predicted octanol–water partition coefficient (Wildman–Crippen LogP) is 9.44. The molecule has 7 rings (SSSR count). The standard InChI is InChI=1S/C15H14ClNO4S.C14H10ClNO3S.C8H6Cl2O4S.C7H9N/c1-17(12-6-4-3-5-7-12)22(19,20)14-9-8-11(16)10-13(14)15(18)21-2;1-16-12-5-3-2-4-10(12)14(17)11-8-9(15)6-7-13(11)20(16,18)19;1-14-8(11)6-4-5(9)2-3-7(6)15(10,12)13;1-8-7-5-3-2-4-6-7/h3-10H,1-2H3;2-8H,1H3;2-4H,1H3;2-6,8H,1H3. The van der Waals surface area contributed by atoms with Crippen LogP contribution in [0.15, 0.2) is 154 Å². The molecule has 0 atom stereocenters. The van der Waals surface area contributed by atoms with E-state index in [9.17, 15) is 39.6 Å². The van der Waals surface area contributed by atoms with E-state index in [0.717, 1.165) is 27.5 Å². The van der Waals surface area contributed by atoms with Gasteiger partial charge < -0.3 is 14.8 Å². The molecule has 0 bridgehead atoms. The third kappa shape index (κ3) is 12.8. The van der Waals surface area contributed by atoms with E-state index in [1.807, 2.05) is 37.4 Å². The van der Waals surface area contributed by atoms with Gasteiger partial charge in [0.25, 0.3) is 29.1 Å². The average Bonchev–Trinajstić information content (AvgIpc) is 3.36. The van der Waals surface area contributed by atoms with Gasteiger partial charge in [-0.05, 0) is 91.0 Å². The Morgan fingerprint density at radius 3 is 1.62 bits per heavy atom. The molecule has 6 aromatic rings. The number of nitrogens with one attached hydrogen (secondary N) is 1. The lowest BCUT2D eigenvalue weighted by molar-refractivity contribution is 0.0587. The fourth-order valence-electron chi connectivity index (χ4n) is 5.78. The topological polar surface area (TPSA) is 191 Å². The minimum Gasteiger partial charge on any atom is -0.465 e. The van der Waals surface area contributed by atoms with Gasteiger partial charge in [0.15, 0.2) is 5.78 Å². The second kappa shape index (κ2) is 22.5. The van der Waals surface area contributed by atoms with Crippen molar-refractivity contribution in [3.05, 3.63) is 177 Å². The van der Waals surface area contributed by atoms with Crippen LogP contribution in [0.5, 0.6) is 0 Å². The molecule has 6 aromatic carbocycles. The van der Waals surface area contributed by atoms with E-state index >= 15 is 0 Å². The lowest BCUT2D eigenvalue weighted by Crippen LogP contribution is -2.28. The van der Waals surface area contributed by atoms with E-state index in [-0.39, 0.29) is 47.2 Å². The van der Waals surface area contributed by atoms with E-state index in [0.29, 0.717) is 22.0 Å². The molecule has 1 N–H and O–H groups in total. The molecule has 0 radical (unpaired) electrons. The maximum atomic E-state index is 12.8. The molecule has 0 fully saturated rings. The number of sulfonamides is 2. The summed E-state index contributed by atoms with van der Waals surface area (Å²) in [5, 5.41) is 3.83. The maximum Gasteiger partial charge on any atom is 0.339 e. The van der Waals surface area contributed by atoms with Crippen molar-refractivity contribution in [2.45, 2.75) is 14.7 Å². The molecule has 0 saturated carbocycles. The Bertz CT molecular complexity index is 3040. The first-order chi connectivity index (χ1) is 30.6. The van der Waals surface area contributed by atoms with Crippen molar-refractivity contribution in [2.75, 3.05) is 49.3 Å². The van der Waals surface area contributed by atoms with Crippen LogP contribution in [0, 0.1) is 0 Å². The number of halogens is 4. The number of anilines is 3. The first-order valence-electron chi connectivity index (χ1n) is 18.5. The molecular weight excluding hydrogens is 985 g/mol. The minimum atomic E-state index is -3.99. The third-order valence-corrected chi connectivity index (χ3v) is 14.8. The second-order valence-electron chi connectivity index (χ2n) is 13.1. The number of benzene rings is 6. The van der Waals surface area contributed by atoms with Gasteiger partial charge in [0.1, 0.15) is 4.90 Å². The lowest BCUT2D eigenvalue weighted by Gasteiger charge is -2.20. The molecule has 14 nitrogen and oxygen atoms in total. The molecule has 342 valence electrons. The first-order valence-corrected chi connectivity index (χ1v) is 24.8. The zero-order valence-electron chi connectivity index (χ0n) is 34.9. The number of fused-ring (bicyclic) bond motifs is 2. The molecule has 0 amide bonds. The molecule has 0 unspecified atom stereocenters. The van der Waals surface area contributed by atoms with Crippen molar-refractivity contribution in [1.29, 1.82) is 0 Å². The Morgan fingerprint density at radius 1 is 0.646 bits per heavy atom. The van der Waals surface area contributed by atoms with Gasteiger partial charge in [-0.25, -0.2) is 34.8 Å². The number of carbonyl (C=O) groups excluding carboxylic acids is 3. The van der Waals surface area contributed by atoms with Crippen LogP contribution >= 0.6 is 45.5 Å². The Kier molecular flexibility index (Phi) is 18.0. The van der Waals surface area contributed by atoms with Crippen LogP contribution in [0.25, 0.3) is 0 Å². The summed E-state index contributed by atoms with van der Waals surface area (Å²) in [5.41, 5.74) is 2.18. The highest BCUT2D eigenvalue weighted by Crippen LogP contribution is 2.35. The van der Waals surface area contributed by atoms with Crippen LogP contribution in [-0.2, 0) is 38.6 Å². The number of carbonyl (C=O) groups is 3. The molecule has 65 heavy (non-hydrogen) atoms. The van der Waals surface area contributed by atoms with Crippen molar-refractivity contribution in [1.82, 2.24) is 0 Å². The first kappa shape index (κ1) is 52.0. The van der Waals surface area contributed by atoms with Crippen molar-refractivity contribution in [2.24, 2.45) is 0 Å². The molecule has 0 aliphatic carbocycles. The highest BCUT2D eigenvalue weighted by atomic mass is 35.7. The second-order valence-corrected chi connectivity index (χ2v) is 20.8. The molecule has 0 saturated heterocycles. The fraction of sp³-hybridized carbons (Fsp3) is 0.114. The maximum absolute atomic E-state index is 12.8. The summed E-state index contributed by atoms with van der Waals surface area (Å²) in [6.07, 6.45) is 0. The fourth-order valence-corrected chi connectivity index (χ4v) is 10.1. The summed E-state index contributed by atoms with van der Waals surface area (Å²) in [6.45, 7) is 0. The number of hydrogen-bond acceptors (Lipinski definition) is 12. The van der Waals surface area contributed by atoms with Crippen LogP contribution in [0.2, 0.25) is 15.1 Å². The van der Waals surface area contributed by atoms with E-state index in [1.54, 1.807) is 54.6 Å². The molecule has 0 aromatic heterocycles. The smallest absolute Gasteiger partial charge is 0.339 e. The number of hydrogen-bond donors (Lipinski definition) is 1.